The quantitative estimate of drug-likeness (QED) is 0.772. The van der Waals surface area contributed by atoms with Crippen molar-refractivity contribution in [2.75, 3.05) is 0 Å². The Hall–Kier alpha value is -1.26. The van der Waals surface area contributed by atoms with Crippen molar-refractivity contribution >= 4 is 12.0 Å². The molecule has 0 aliphatic heterocycles. The summed E-state index contributed by atoms with van der Waals surface area (Å²) in [5, 5.41) is 2.69. The molecule has 0 radical (unpaired) electrons. The van der Waals surface area contributed by atoms with Gasteiger partial charge >= 0.3 is 6.09 Å². The molecule has 5 nitrogen and oxygen atoms in total. The normalized spacial score (nSPS) is 19.3. The first-order chi connectivity index (χ1) is 8.79. The van der Waals surface area contributed by atoms with Crippen molar-refractivity contribution in [1.29, 1.82) is 0 Å². The minimum Gasteiger partial charge on any atom is -0.436 e. The first-order valence-electron chi connectivity index (χ1n) is 7.08. The van der Waals surface area contributed by atoms with Gasteiger partial charge in [0.2, 0.25) is 0 Å². The molecule has 1 atom stereocenters. The van der Waals surface area contributed by atoms with Crippen LogP contribution in [0.5, 0.6) is 0 Å². The van der Waals surface area contributed by atoms with E-state index in [0.29, 0.717) is 0 Å². The number of hydrogen-bond donors (Lipinski definition) is 2. The number of nitrogens with one attached hydrogen (secondary N) is 1. The van der Waals surface area contributed by atoms with E-state index in [4.69, 9.17) is 10.5 Å². The minimum absolute atomic E-state index is 0.0609. The number of rotatable bonds is 3. The van der Waals surface area contributed by atoms with Gasteiger partial charge in [-0.3, -0.25) is 4.79 Å². The topological polar surface area (TPSA) is 81.4 Å². The van der Waals surface area contributed by atoms with Gasteiger partial charge in [-0.15, -0.1) is 0 Å². The second-order valence-corrected chi connectivity index (χ2v) is 6.35. The van der Waals surface area contributed by atoms with Crippen LogP contribution in [-0.2, 0) is 9.53 Å². The van der Waals surface area contributed by atoms with Crippen LogP contribution in [0.3, 0.4) is 0 Å². The molecule has 1 saturated carbocycles. The highest BCUT2D eigenvalue weighted by Gasteiger charge is 2.31. The molecular formula is C14H26N2O3. The first-order valence-corrected chi connectivity index (χ1v) is 7.08. The fraction of sp³-hybridized carbons (Fsp3) is 0.857. The molecule has 0 aromatic carbocycles. The molecule has 0 unspecified atom stereocenters. The lowest BCUT2D eigenvalue weighted by Crippen LogP contribution is -2.46. The van der Waals surface area contributed by atoms with E-state index in [1.165, 1.54) is 12.8 Å². The summed E-state index contributed by atoms with van der Waals surface area (Å²) in [6, 6.07) is 0. The second kappa shape index (κ2) is 6.78. The summed E-state index contributed by atoms with van der Waals surface area (Å²) < 4.78 is 5.26. The molecule has 19 heavy (non-hydrogen) atoms. The maximum atomic E-state index is 11.8. The summed E-state index contributed by atoms with van der Waals surface area (Å²) in [7, 11) is 0. The van der Waals surface area contributed by atoms with Crippen molar-refractivity contribution in [3.8, 4) is 0 Å². The first kappa shape index (κ1) is 15.8. The third-order valence-electron chi connectivity index (χ3n) is 3.32. The summed E-state index contributed by atoms with van der Waals surface area (Å²) in [5.41, 5.74) is 5.00. The zero-order valence-electron chi connectivity index (χ0n) is 12.2. The van der Waals surface area contributed by atoms with Crippen LogP contribution in [0.4, 0.5) is 4.79 Å². The number of hydrogen-bond acceptors (Lipinski definition) is 3. The maximum Gasteiger partial charge on any atom is 0.408 e. The summed E-state index contributed by atoms with van der Waals surface area (Å²) in [4.78, 5) is 23.3. The minimum atomic E-state index is -0.805. The van der Waals surface area contributed by atoms with Crippen molar-refractivity contribution in [3.05, 3.63) is 0 Å². The largest absolute Gasteiger partial charge is 0.436 e. The number of primary amides is 1. The molecule has 0 saturated heterocycles. The molecule has 5 heteroatoms. The molecule has 0 heterocycles. The lowest BCUT2D eigenvalue weighted by molar-refractivity contribution is -0.129. The molecule has 0 bridgehead atoms. The van der Waals surface area contributed by atoms with Gasteiger partial charge in [0.1, 0.15) is 0 Å². The second-order valence-electron chi connectivity index (χ2n) is 6.35. The van der Waals surface area contributed by atoms with E-state index in [9.17, 15) is 9.59 Å². The highest BCUT2D eigenvalue weighted by molar-refractivity contribution is 5.82. The van der Waals surface area contributed by atoms with Gasteiger partial charge in [-0.2, -0.15) is 0 Å². The molecule has 0 aromatic heterocycles. The third-order valence-corrected chi connectivity index (χ3v) is 3.32. The van der Waals surface area contributed by atoms with E-state index in [1.807, 2.05) is 20.8 Å². The van der Waals surface area contributed by atoms with E-state index in [0.717, 1.165) is 25.7 Å². The van der Waals surface area contributed by atoms with Gasteiger partial charge in [0, 0.05) is 11.5 Å². The molecule has 0 aromatic rings. The van der Waals surface area contributed by atoms with Gasteiger partial charge in [-0.1, -0.05) is 25.7 Å². The number of nitrogens with two attached hydrogens (primary N) is 1. The van der Waals surface area contributed by atoms with Gasteiger partial charge < -0.3 is 15.8 Å². The van der Waals surface area contributed by atoms with Gasteiger partial charge in [0.25, 0.3) is 5.91 Å². The molecule has 0 spiro atoms. The zero-order valence-corrected chi connectivity index (χ0v) is 12.2. The van der Waals surface area contributed by atoms with Gasteiger partial charge in [-0.25, -0.2) is 4.79 Å². The summed E-state index contributed by atoms with van der Waals surface area (Å²) in [6.45, 7) is 5.58. The van der Waals surface area contributed by atoms with Crippen molar-refractivity contribution < 1.29 is 14.3 Å². The van der Waals surface area contributed by atoms with Crippen LogP contribution < -0.4 is 11.1 Å². The van der Waals surface area contributed by atoms with E-state index >= 15 is 0 Å². The predicted octanol–water partition coefficient (Wildman–Crippen LogP) is 2.34. The molecule has 3 N–H and O–H groups in total. The maximum absolute atomic E-state index is 11.8. The summed E-state index contributed by atoms with van der Waals surface area (Å²) in [6.07, 6.45) is 4.91. The van der Waals surface area contributed by atoms with Crippen LogP contribution >= 0.6 is 0 Å². The molecule has 2 amide bonds. The Kier molecular flexibility index (Phi) is 5.63. The third kappa shape index (κ3) is 5.94. The number of carbonyl (C=O) groups excluding carboxylic acids is 2. The molecule has 1 fully saturated rings. The van der Waals surface area contributed by atoms with Crippen molar-refractivity contribution in [1.82, 2.24) is 5.32 Å². The molecule has 110 valence electrons. The van der Waals surface area contributed by atoms with Crippen molar-refractivity contribution in [3.63, 3.8) is 0 Å². The molecule has 1 aliphatic rings. The van der Waals surface area contributed by atoms with E-state index in [1.54, 1.807) is 0 Å². The van der Waals surface area contributed by atoms with Crippen LogP contribution in [-0.4, -0.2) is 23.6 Å². The Bertz CT molecular complexity index is 315. The monoisotopic (exact) mass is 270 g/mol. The number of amides is 2. The Balaban J connectivity index is 2.61. The van der Waals surface area contributed by atoms with E-state index in [2.05, 4.69) is 5.32 Å². The lowest BCUT2D eigenvalue weighted by Gasteiger charge is -2.26. The fourth-order valence-electron chi connectivity index (χ4n) is 2.45. The van der Waals surface area contributed by atoms with Crippen molar-refractivity contribution in [2.45, 2.75) is 70.9 Å². The van der Waals surface area contributed by atoms with Gasteiger partial charge in [0.05, 0.1) is 0 Å². The SMILES string of the molecule is CC(C)(C)NC(=O)O[C@H](C(N)=O)C1CCCCCC1. The summed E-state index contributed by atoms with van der Waals surface area (Å²) >= 11 is 0. The number of alkyl carbamates (subject to hydrolysis) is 1. The van der Waals surface area contributed by atoms with Crippen LogP contribution in [0.15, 0.2) is 0 Å². The summed E-state index contributed by atoms with van der Waals surface area (Å²) in [5.74, 6) is -0.485. The Labute approximate surface area is 115 Å². The van der Waals surface area contributed by atoms with Crippen LogP contribution in [0, 0.1) is 5.92 Å². The average molecular weight is 270 g/mol. The van der Waals surface area contributed by atoms with E-state index < -0.39 is 18.1 Å². The van der Waals surface area contributed by atoms with Gasteiger partial charge in [0.15, 0.2) is 6.10 Å². The lowest BCUT2D eigenvalue weighted by atomic mass is 9.93. The molecular weight excluding hydrogens is 244 g/mol. The standard InChI is InChI=1S/C14H26N2O3/c1-14(2,3)16-13(18)19-11(12(15)17)10-8-6-4-5-7-9-10/h10-11H,4-9H2,1-3H3,(H2,15,17)(H,16,18)/t11-/m0/s1. The predicted molar refractivity (Wildman–Crippen MR) is 73.5 cm³/mol. The van der Waals surface area contributed by atoms with Gasteiger partial charge in [-0.05, 0) is 33.6 Å². The van der Waals surface area contributed by atoms with Crippen LogP contribution in [0.25, 0.3) is 0 Å². The highest BCUT2D eigenvalue weighted by atomic mass is 16.6. The Morgan fingerprint density at radius 2 is 1.68 bits per heavy atom. The zero-order chi connectivity index (χ0) is 14.5. The molecule has 1 aliphatic carbocycles. The smallest absolute Gasteiger partial charge is 0.408 e. The molecule has 1 rings (SSSR count). The highest BCUT2D eigenvalue weighted by Crippen LogP contribution is 2.27. The van der Waals surface area contributed by atoms with Crippen LogP contribution in [0.1, 0.15) is 59.3 Å². The Morgan fingerprint density at radius 1 is 1.16 bits per heavy atom. The number of ether oxygens (including phenoxy) is 1. The Morgan fingerprint density at radius 3 is 2.11 bits per heavy atom. The van der Waals surface area contributed by atoms with Crippen molar-refractivity contribution in [2.24, 2.45) is 11.7 Å². The average Bonchev–Trinajstić information content (AvgIpc) is 2.51. The fourth-order valence-corrected chi connectivity index (χ4v) is 2.45. The van der Waals surface area contributed by atoms with Crippen LogP contribution in [0.2, 0.25) is 0 Å². The van der Waals surface area contributed by atoms with E-state index in [-0.39, 0.29) is 11.5 Å². The number of carbonyl (C=O) groups is 2.